The summed E-state index contributed by atoms with van der Waals surface area (Å²) in [6.07, 6.45) is 8.38. The van der Waals surface area contributed by atoms with Crippen LogP contribution in [0.2, 0.25) is 0 Å². The van der Waals surface area contributed by atoms with Crippen molar-refractivity contribution in [2.24, 2.45) is 0 Å². The Bertz CT molecular complexity index is 277. The summed E-state index contributed by atoms with van der Waals surface area (Å²) in [6.45, 7) is 3.46. The molecule has 5 nitrogen and oxygen atoms in total. The molecule has 0 aromatic heterocycles. The van der Waals surface area contributed by atoms with Gasteiger partial charge in [0.05, 0.1) is 12.1 Å². The summed E-state index contributed by atoms with van der Waals surface area (Å²) in [5.41, 5.74) is 4.83. The molecule has 2 aliphatic heterocycles. The van der Waals surface area contributed by atoms with Crippen LogP contribution in [0.5, 0.6) is 0 Å². The van der Waals surface area contributed by atoms with Crippen LogP contribution < -0.4 is 10.5 Å². The van der Waals surface area contributed by atoms with E-state index in [0.717, 1.165) is 19.9 Å². The fourth-order valence-electron chi connectivity index (χ4n) is 1.73. The molecule has 2 rings (SSSR count). The first-order chi connectivity index (χ1) is 8.11. The number of carboxylic acids is 1. The standard InChI is InChI=1S/C9H15N2.C3H6O3/c1-3-7-10-11-8-4-2-6-9(11)5-1;1-2(4)3(5)6/h10H,1-5,7-8H2;2,4H,1H3,(H,5,6)/q+1;/p-1. The van der Waals surface area contributed by atoms with Gasteiger partial charge in [0.25, 0.3) is 5.70 Å². The molecule has 0 radical (unpaired) electrons. The van der Waals surface area contributed by atoms with Gasteiger partial charge in [-0.3, -0.25) is 5.01 Å². The minimum Gasteiger partial charge on any atom is -0.547 e. The SMILES string of the molecule is CC(O)C(=O)[O-].[C+]1=C2CCCCNN2CCC1. The summed E-state index contributed by atoms with van der Waals surface area (Å²) < 4.78 is 0. The number of aliphatic carboxylic acids is 1. The van der Waals surface area contributed by atoms with Gasteiger partial charge in [0.15, 0.2) is 6.42 Å². The van der Waals surface area contributed by atoms with E-state index in [1.807, 2.05) is 0 Å². The van der Waals surface area contributed by atoms with E-state index >= 15 is 0 Å². The summed E-state index contributed by atoms with van der Waals surface area (Å²) in [5.74, 6) is -1.44. The zero-order valence-electron chi connectivity index (χ0n) is 10.2. The number of carbonyl (C=O) groups excluding carboxylic acids is 1. The third-order valence-corrected chi connectivity index (χ3v) is 2.70. The highest BCUT2D eigenvalue weighted by Crippen LogP contribution is 2.19. The van der Waals surface area contributed by atoms with Gasteiger partial charge in [-0.25, -0.2) is 5.43 Å². The van der Waals surface area contributed by atoms with Gasteiger partial charge in [0.1, 0.15) is 0 Å². The number of hydrogen-bond donors (Lipinski definition) is 2. The van der Waals surface area contributed by atoms with Crippen LogP contribution in [0.25, 0.3) is 0 Å². The average Bonchev–Trinajstić information content (AvgIpc) is 2.54. The monoisotopic (exact) mass is 240 g/mol. The number of aliphatic hydroxyl groups is 1. The average molecular weight is 240 g/mol. The van der Waals surface area contributed by atoms with Gasteiger partial charge >= 0.3 is 0 Å². The normalized spacial score (nSPS) is 20.8. The third-order valence-electron chi connectivity index (χ3n) is 2.70. The second kappa shape index (κ2) is 7.22. The van der Waals surface area contributed by atoms with Gasteiger partial charge in [-0.1, -0.05) is 0 Å². The van der Waals surface area contributed by atoms with Crippen molar-refractivity contribution in [3.63, 3.8) is 0 Å². The molecule has 17 heavy (non-hydrogen) atoms. The van der Waals surface area contributed by atoms with Gasteiger partial charge in [-0.15, -0.1) is 0 Å². The number of aliphatic hydroxyl groups excluding tert-OH is 1. The lowest BCUT2D eigenvalue weighted by Crippen LogP contribution is -2.38. The number of nitrogens with one attached hydrogen (secondary N) is 1. The van der Waals surface area contributed by atoms with E-state index in [-0.39, 0.29) is 0 Å². The molecule has 2 heterocycles. The molecule has 0 aromatic rings. The number of fused-ring (bicyclic) bond motifs is 1. The molecule has 5 heteroatoms. The minimum atomic E-state index is -1.44. The lowest BCUT2D eigenvalue weighted by molar-refractivity contribution is -0.314. The molecule has 0 saturated carbocycles. The topological polar surface area (TPSA) is 75.6 Å². The highest BCUT2D eigenvalue weighted by molar-refractivity contribution is 5.68. The molecule has 0 bridgehead atoms. The lowest BCUT2D eigenvalue weighted by Gasteiger charge is -2.21. The Labute approximate surface area is 102 Å². The van der Waals surface area contributed by atoms with E-state index in [1.165, 1.54) is 37.9 Å². The van der Waals surface area contributed by atoms with Gasteiger partial charge < -0.3 is 15.0 Å². The van der Waals surface area contributed by atoms with E-state index in [9.17, 15) is 9.90 Å². The smallest absolute Gasteiger partial charge is 0.270 e. The maximum absolute atomic E-state index is 9.34. The second-order valence-electron chi connectivity index (χ2n) is 4.24. The van der Waals surface area contributed by atoms with E-state index in [4.69, 9.17) is 5.11 Å². The predicted octanol–water partition coefficient (Wildman–Crippen LogP) is -0.425. The fraction of sp³-hybridized carbons (Fsp3) is 0.750. The number of allylic oxidation sites excluding steroid dienone is 2. The molecule has 1 atom stereocenters. The molecule has 1 fully saturated rings. The number of rotatable bonds is 1. The van der Waals surface area contributed by atoms with Crippen molar-refractivity contribution in [1.29, 1.82) is 0 Å². The predicted molar refractivity (Wildman–Crippen MR) is 61.2 cm³/mol. The molecule has 96 valence electrons. The molecular formula is C12H20N2O3. The zero-order chi connectivity index (χ0) is 12.7. The van der Waals surface area contributed by atoms with Gasteiger partial charge in [0.2, 0.25) is 6.08 Å². The Morgan fingerprint density at radius 1 is 1.53 bits per heavy atom. The Balaban J connectivity index is 0.000000209. The van der Waals surface area contributed by atoms with Crippen LogP contribution in [-0.4, -0.2) is 35.3 Å². The van der Waals surface area contributed by atoms with Gasteiger partial charge in [-0.05, 0) is 19.8 Å². The molecule has 0 aliphatic carbocycles. The number of hydrogen-bond acceptors (Lipinski definition) is 5. The number of hydrazine groups is 1. The molecule has 2 N–H and O–H groups in total. The lowest BCUT2D eigenvalue weighted by atomic mass is 10.1. The van der Waals surface area contributed by atoms with Crippen molar-refractivity contribution in [1.82, 2.24) is 10.4 Å². The summed E-state index contributed by atoms with van der Waals surface area (Å²) >= 11 is 0. The Morgan fingerprint density at radius 2 is 2.24 bits per heavy atom. The summed E-state index contributed by atoms with van der Waals surface area (Å²) in [5, 5.41) is 19.6. The molecule has 0 amide bonds. The number of carbonyl (C=O) groups is 1. The second-order valence-corrected chi connectivity index (χ2v) is 4.24. The third kappa shape index (κ3) is 5.13. The Kier molecular flexibility index (Phi) is 5.91. The maximum atomic E-state index is 9.34. The summed E-state index contributed by atoms with van der Waals surface area (Å²) in [7, 11) is 0. The largest absolute Gasteiger partial charge is 0.547 e. The quantitative estimate of drug-likeness (QED) is 0.609. The van der Waals surface area contributed by atoms with Gasteiger partial charge in [-0.2, -0.15) is 0 Å². The van der Waals surface area contributed by atoms with Crippen LogP contribution in [0.4, 0.5) is 0 Å². The van der Waals surface area contributed by atoms with Crippen LogP contribution >= 0.6 is 0 Å². The van der Waals surface area contributed by atoms with Crippen molar-refractivity contribution in [3.05, 3.63) is 11.8 Å². The van der Waals surface area contributed by atoms with Crippen molar-refractivity contribution in [3.8, 4) is 0 Å². The van der Waals surface area contributed by atoms with Crippen molar-refractivity contribution < 1.29 is 15.0 Å². The molecule has 1 unspecified atom stereocenters. The van der Waals surface area contributed by atoms with E-state index < -0.39 is 12.1 Å². The molecule has 0 spiro atoms. The van der Waals surface area contributed by atoms with E-state index in [0.29, 0.717) is 0 Å². The Morgan fingerprint density at radius 3 is 2.88 bits per heavy atom. The van der Waals surface area contributed by atoms with Crippen molar-refractivity contribution in [2.45, 2.75) is 45.1 Å². The first kappa shape index (κ1) is 13.9. The highest BCUT2D eigenvalue weighted by Gasteiger charge is 2.25. The maximum Gasteiger partial charge on any atom is 0.270 e. The van der Waals surface area contributed by atoms with Crippen LogP contribution in [0.1, 0.15) is 39.0 Å². The molecular weight excluding hydrogens is 220 g/mol. The highest BCUT2D eigenvalue weighted by atomic mass is 16.4. The minimum absolute atomic E-state index is 1.13. The first-order valence-electron chi connectivity index (χ1n) is 6.11. The summed E-state index contributed by atoms with van der Waals surface area (Å²) in [6, 6.07) is 0. The first-order valence-corrected chi connectivity index (χ1v) is 6.11. The van der Waals surface area contributed by atoms with Crippen molar-refractivity contribution in [2.75, 3.05) is 13.1 Å². The zero-order valence-corrected chi connectivity index (χ0v) is 10.2. The van der Waals surface area contributed by atoms with Gasteiger partial charge in [0, 0.05) is 25.9 Å². The fourth-order valence-corrected chi connectivity index (χ4v) is 1.73. The Hall–Kier alpha value is -1.16. The van der Waals surface area contributed by atoms with Crippen LogP contribution in [0, 0.1) is 6.08 Å². The van der Waals surface area contributed by atoms with E-state index in [1.54, 1.807) is 0 Å². The molecule has 0 aromatic carbocycles. The summed E-state index contributed by atoms with van der Waals surface area (Å²) in [4.78, 5) is 9.34. The van der Waals surface area contributed by atoms with Crippen LogP contribution in [0.15, 0.2) is 5.70 Å². The molecule has 1 saturated heterocycles. The van der Waals surface area contributed by atoms with Crippen molar-refractivity contribution >= 4 is 5.97 Å². The number of carboxylic acid groups (broad SMARTS) is 1. The van der Waals surface area contributed by atoms with Crippen LogP contribution in [0.3, 0.4) is 0 Å². The van der Waals surface area contributed by atoms with Crippen LogP contribution in [-0.2, 0) is 4.79 Å². The molecule has 2 aliphatic rings. The number of nitrogens with zero attached hydrogens (tertiary/aromatic N) is 1. The van der Waals surface area contributed by atoms with E-state index in [2.05, 4.69) is 16.5 Å².